The van der Waals surface area contributed by atoms with E-state index >= 15 is 0 Å². The zero-order valence-corrected chi connectivity index (χ0v) is 21.9. The summed E-state index contributed by atoms with van der Waals surface area (Å²) in [5.74, 6) is 3.10. The van der Waals surface area contributed by atoms with Crippen molar-refractivity contribution in [2.45, 2.75) is 70.9 Å². The van der Waals surface area contributed by atoms with Crippen LogP contribution in [0.4, 0.5) is 5.95 Å². The normalized spacial score (nSPS) is 18.0. The Morgan fingerprint density at radius 1 is 0.919 bits per heavy atom. The number of imidazole rings is 1. The zero-order valence-electron chi connectivity index (χ0n) is 21.9. The van der Waals surface area contributed by atoms with Crippen LogP contribution in [0.15, 0.2) is 53.1 Å². The SMILES string of the molecule is Cc1noc(-c2ccc(CCN3CCC(Nc4nc5ccccc5n4CC4CCCCC4)CC3)cc2)n1. The molecule has 0 amide bonds. The van der Waals surface area contributed by atoms with Crippen molar-refractivity contribution in [2.75, 3.05) is 25.0 Å². The van der Waals surface area contributed by atoms with E-state index in [1.165, 1.54) is 43.2 Å². The highest BCUT2D eigenvalue weighted by atomic mass is 16.5. The summed E-state index contributed by atoms with van der Waals surface area (Å²) in [4.78, 5) is 11.9. The number of hydrogen-bond acceptors (Lipinski definition) is 6. The molecule has 3 heterocycles. The molecule has 0 spiro atoms. The summed E-state index contributed by atoms with van der Waals surface area (Å²) < 4.78 is 7.75. The fourth-order valence-corrected chi connectivity index (χ4v) is 6.00. The zero-order chi connectivity index (χ0) is 25.0. The molecule has 6 rings (SSSR count). The van der Waals surface area contributed by atoms with Gasteiger partial charge in [-0.2, -0.15) is 4.98 Å². The van der Waals surface area contributed by atoms with Gasteiger partial charge in [-0.1, -0.05) is 48.7 Å². The van der Waals surface area contributed by atoms with Gasteiger partial charge in [0.05, 0.1) is 11.0 Å². The number of hydrogen-bond donors (Lipinski definition) is 1. The molecule has 194 valence electrons. The van der Waals surface area contributed by atoms with Gasteiger partial charge < -0.3 is 19.3 Å². The minimum Gasteiger partial charge on any atom is -0.353 e. The molecule has 1 saturated carbocycles. The van der Waals surface area contributed by atoms with E-state index in [-0.39, 0.29) is 0 Å². The summed E-state index contributed by atoms with van der Waals surface area (Å²) >= 11 is 0. The molecule has 1 aliphatic carbocycles. The van der Waals surface area contributed by atoms with E-state index in [9.17, 15) is 0 Å². The van der Waals surface area contributed by atoms with Crippen LogP contribution in [0, 0.1) is 12.8 Å². The maximum absolute atomic E-state index is 5.28. The summed E-state index contributed by atoms with van der Waals surface area (Å²) in [6.45, 7) is 6.27. The van der Waals surface area contributed by atoms with Crippen LogP contribution in [0.3, 0.4) is 0 Å². The van der Waals surface area contributed by atoms with Crippen molar-refractivity contribution in [1.29, 1.82) is 0 Å². The number of para-hydroxylation sites is 2. The number of anilines is 1. The largest absolute Gasteiger partial charge is 0.353 e. The Kier molecular flexibility index (Phi) is 7.22. The Balaban J connectivity index is 1.03. The van der Waals surface area contributed by atoms with Gasteiger partial charge in [-0.3, -0.25) is 0 Å². The smallest absolute Gasteiger partial charge is 0.257 e. The van der Waals surface area contributed by atoms with E-state index in [1.54, 1.807) is 0 Å². The van der Waals surface area contributed by atoms with Crippen LogP contribution >= 0.6 is 0 Å². The summed E-state index contributed by atoms with van der Waals surface area (Å²) in [5, 5.41) is 7.74. The topological polar surface area (TPSA) is 72.0 Å². The third-order valence-electron chi connectivity index (χ3n) is 8.19. The second kappa shape index (κ2) is 11.1. The van der Waals surface area contributed by atoms with Crippen molar-refractivity contribution >= 4 is 17.0 Å². The van der Waals surface area contributed by atoms with Gasteiger partial charge in [-0.25, -0.2) is 4.98 Å². The Morgan fingerprint density at radius 3 is 2.46 bits per heavy atom. The number of aromatic nitrogens is 4. The number of aryl methyl sites for hydroxylation is 1. The molecule has 37 heavy (non-hydrogen) atoms. The summed E-state index contributed by atoms with van der Waals surface area (Å²) in [6, 6.07) is 17.6. The van der Waals surface area contributed by atoms with Crippen LogP contribution < -0.4 is 5.32 Å². The second-order valence-corrected chi connectivity index (χ2v) is 10.9. The van der Waals surface area contributed by atoms with E-state index in [1.807, 2.05) is 6.92 Å². The predicted molar refractivity (Wildman–Crippen MR) is 148 cm³/mol. The number of nitrogens with one attached hydrogen (secondary N) is 1. The van der Waals surface area contributed by atoms with Gasteiger partial charge in [0.25, 0.3) is 5.89 Å². The first-order valence-electron chi connectivity index (χ1n) is 14.0. The molecule has 7 heteroatoms. The highest BCUT2D eigenvalue weighted by Gasteiger charge is 2.23. The lowest BCUT2D eigenvalue weighted by Crippen LogP contribution is -2.40. The van der Waals surface area contributed by atoms with Crippen molar-refractivity contribution < 1.29 is 4.52 Å². The van der Waals surface area contributed by atoms with E-state index in [0.29, 0.717) is 17.8 Å². The summed E-state index contributed by atoms with van der Waals surface area (Å²) in [5.41, 5.74) is 4.70. The standard InChI is InChI=1S/C30H38N6O/c1-22-31-29(37-34-22)25-13-11-23(12-14-25)15-18-35-19-16-26(17-20-35)32-30-33-27-9-5-6-10-28(27)36(30)21-24-7-3-2-4-8-24/h5-6,9-14,24,26H,2-4,7-8,15-21H2,1H3,(H,32,33). The molecule has 1 N–H and O–H groups in total. The molecular weight excluding hydrogens is 460 g/mol. The molecule has 0 radical (unpaired) electrons. The molecule has 4 aromatic rings. The molecule has 7 nitrogen and oxygen atoms in total. The average Bonchev–Trinajstić information content (AvgIpc) is 3.52. The molecular formula is C30H38N6O. The second-order valence-electron chi connectivity index (χ2n) is 10.9. The number of rotatable bonds is 8. The van der Waals surface area contributed by atoms with Gasteiger partial charge in [0.1, 0.15) is 0 Å². The van der Waals surface area contributed by atoms with Gasteiger partial charge in [0, 0.05) is 37.8 Å². The minimum absolute atomic E-state index is 0.482. The number of fused-ring (bicyclic) bond motifs is 1. The molecule has 2 aromatic heterocycles. The number of piperidine rings is 1. The molecule has 2 fully saturated rings. The Labute approximate surface area is 219 Å². The van der Waals surface area contributed by atoms with E-state index < -0.39 is 0 Å². The van der Waals surface area contributed by atoms with Crippen LogP contribution in [0.25, 0.3) is 22.5 Å². The molecule has 1 saturated heterocycles. The molecule has 0 unspecified atom stereocenters. The summed E-state index contributed by atoms with van der Waals surface area (Å²) in [6.07, 6.45) is 10.2. The van der Waals surface area contributed by atoms with Gasteiger partial charge in [0.15, 0.2) is 5.82 Å². The van der Waals surface area contributed by atoms with Crippen LogP contribution in [-0.2, 0) is 13.0 Å². The van der Waals surface area contributed by atoms with Gasteiger partial charge >= 0.3 is 0 Å². The lowest BCUT2D eigenvalue weighted by molar-refractivity contribution is 0.221. The number of nitrogens with zero attached hydrogens (tertiary/aromatic N) is 5. The van der Waals surface area contributed by atoms with Crippen molar-refractivity contribution in [1.82, 2.24) is 24.6 Å². The third-order valence-corrected chi connectivity index (χ3v) is 8.19. The van der Waals surface area contributed by atoms with Crippen LogP contribution in [0.2, 0.25) is 0 Å². The van der Waals surface area contributed by atoms with E-state index in [2.05, 4.69) is 73.5 Å². The van der Waals surface area contributed by atoms with Crippen LogP contribution in [0.5, 0.6) is 0 Å². The van der Waals surface area contributed by atoms with Crippen LogP contribution in [-0.4, -0.2) is 50.3 Å². The van der Waals surface area contributed by atoms with E-state index in [0.717, 1.165) is 68.4 Å². The predicted octanol–water partition coefficient (Wildman–Crippen LogP) is 6.09. The third kappa shape index (κ3) is 5.72. The molecule has 0 bridgehead atoms. The Hall–Kier alpha value is -3.19. The van der Waals surface area contributed by atoms with Crippen molar-refractivity contribution in [3.05, 3.63) is 59.9 Å². The quantitative estimate of drug-likeness (QED) is 0.317. The maximum atomic E-state index is 5.28. The van der Waals surface area contributed by atoms with Crippen molar-refractivity contribution in [2.24, 2.45) is 5.92 Å². The Morgan fingerprint density at radius 2 is 1.70 bits per heavy atom. The fourth-order valence-electron chi connectivity index (χ4n) is 6.00. The molecule has 1 aliphatic heterocycles. The molecule has 2 aliphatic rings. The minimum atomic E-state index is 0.482. The highest BCUT2D eigenvalue weighted by molar-refractivity contribution is 5.78. The first-order chi connectivity index (χ1) is 18.2. The highest BCUT2D eigenvalue weighted by Crippen LogP contribution is 2.29. The summed E-state index contributed by atoms with van der Waals surface area (Å²) in [7, 11) is 0. The monoisotopic (exact) mass is 498 g/mol. The lowest BCUT2D eigenvalue weighted by atomic mass is 9.89. The average molecular weight is 499 g/mol. The van der Waals surface area contributed by atoms with Gasteiger partial charge in [-0.05, 0) is 74.8 Å². The van der Waals surface area contributed by atoms with Gasteiger partial charge in [0.2, 0.25) is 5.95 Å². The van der Waals surface area contributed by atoms with Crippen molar-refractivity contribution in [3.63, 3.8) is 0 Å². The molecule has 0 atom stereocenters. The van der Waals surface area contributed by atoms with E-state index in [4.69, 9.17) is 9.51 Å². The van der Waals surface area contributed by atoms with Gasteiger partial charge in [-0.15, -0.1) is 0 Å². The van der Waals surface area contributed by atoms with Crippen molar-refractivity contribution in [3.8, 4) is 11.5 Å². The fraction of sp³-hybridized carbons (Fsp3) is 0.500. The first-order valence-corrected chi connectivity index (χ1v) is 14.0. The number of likely N-dealkylation sites (tertiary alicyclic amines) is 1. The number of benzene rings is 2. The Bertz CT molecular complexity index is 1300. The molecule has 2 aromatic carbocycles. The first kappa shape index (κ1) is 24.2. The maximum Gasteiger partial charge on any atom is 0.257 e. The van der Waals surface area contributed by atoms with Crippen LogP contribution in [0.1, 0.15) is 56.3 Å². The lowest BCUT2D eigenvalue weighted by Gasteiger charge is -2.33.